The second-order valence-electron chi connectivity index (χ2n) is 7.06. The van der Waals surface area contributed by atoms with Crippen molar-refractivity contribution in [2.75, 3.05) is 14.2 Å². The summed E-state index contributed by atoms with van der Waals surface area (Å²) in [7, 11) is 3.45. The van der Waals surface area contributed by atoms with Crippen molar-refractivity contribution >= 4 is 17.2 Å². The van der Waals surface area contributed by atoms with Crippen molar-refractivity contribution in [3.63, 3.8) is 0 Å². The number of aryl methyl sites for hydroxylation is 1. The third-order valence-electron chi connectivity index (χ3n) is 5.02. The van der Waals surface area contributed by atoms with E-state index >= 15 is 0 Å². The molecule has 0 radical (unpaired) electrons. The lowest BCUT2D eigenvalue weighted by atomic mass is 10.1. The van der Waals surface area contributed by atoms with Crippen LogP contribution in [-0.2, 0) is 6.54 Å². The summed E-state index contributed by atoms with van der Waals surface area (Å²) in [5, 5.41) is 6.82. The molecule has 0 atom stereocenters. The molecule has 6 heteroatoms. The molecule has 4 aromatic rings. The Bertz CT molecular complexity index is 1160. The van der Waals surface area contributed by atoms with Gasteiger partial charge in [0.15, 0.2) is 0 Å². The van der Waals surface area contributed by atoms with Crippen molar-refractivity contribution < 1.29 is 9.53 Å². The predicted octanol–water partition coefficient (Wildman–Crippen LogP) is 5.19. The molecule has 30 heavy (non-hydrogen) atoms. The first-order chi connectivity index (χ1) is 14.6. The van der Waals surface area contributed by atoms with Gasteiger partial charge in [-0.3, -0.25) is 4.79 Å². The number of carbonyl (C=O) groups excluding carboxylic acids is 1. The van der Waals surface area contributed by atoms with E-state index in [9.17, 15) is 4.79 Å². The smallest absolute Gasteiger partial charge is 0.257 e. The third kappa shape index (κ3) is 3.86. The van der Waals surface area contributed by atoms with Gasteiger partial charge in [-0.1, -0.05) is 30.3 Å². The molecule has 1 amide bonds. The van der Waals surface area contributed by atoms with Crippen LogP contribution in [0, 0.1) is 6.92 Å². The van der Waals surface area contributed by atoms with Crippen molar-refractivity contribution in [2.24, 2.45) is 0 Å². The number of hydrogen-bond donors (Lipinski definition) is 0. The number of carbonyl (C=O) groups is 1. The lowest BCUT2D eigenvalue weighted by Gasteiger charge is -2.17. The second kappa shape index (κ2) is 8.55. The number of methoxy groups -OCH3 is 1. The standard InChI is InChI=1S/C24H23N3O2S/c1-17-13-14-30-22(17)16-26(2)24(28)20-15-27(18-9-5-4-6-10-18)25-23(20)19-11-7-8-12-21(19)29-3/h4-15H,16H2,1-3H3. The van der Waals surface area contributed by atoms with Crippen LogP contribution >= 0.6 is 11.3 Å². The first kappa shape index (κ1) is 19.9. The Morgan fingerprint density at radius 2 is 1.83 bits per heavy atom. The van der Waals surface area contributed by atoms with Crippen molar-refractivity contribution in [3.05, 3.63) is 88.2 Å². The maximum atomic E-state index is 13.5. The van der Waals surface area contributed by atoms with Crippen molar-refractivity contribution in [1.82, 2.24) is 14.7 Å². The van der Waals surface area contributed by atoms with Crippen LogP contribution < -0.4 is 4.74 Å². The van der Waals surface area contributed by atoms with Gasteiger partial charge in [0.05, 0.1) is 24.9 Å². The van der Waals surface area contributed by atoms with Gasteiger partial charge < -0.3 is 9.64 Å². The minimum absolute atomic E-state index is 0.0779. The number of rotatable bonds is 6. The van der Waals surface area contributed by atoms with Crippen LogP contribution in [0.15, 0.2) is 72.2 Å². The van der Waals surface area contributed by atoms with E-state index < -0.39 is 0 Å². The molecule has 0 fully saturated rings. The van der Waals surface area contributed by atoms with Crippen LogP contribution in [0.4, 0.5) is 0 Å². The number of benzene rings is 2. The Balaban J connectivity index is 1.78. The van der Waals surface area contributed by atoms with Crippen LogP contribution in [0.5, 0.6) is 5.75 Å². The van der Waals surface area contributed by atoms with Crippen molar-refractivity contribution in [1.29, 1.82) is 0 Å². The van der Waals surface area contributed by atoms with E-state index in [1.54, 1.807) is 34.2 Å². The zero-order valence-electron chi connectivity index (χ0n) is 17.2. The first-order valence-electron chi connectivity index (χ1n) is 9.65. The molecular weight excluding hydrogens is 394 g/mol. The molecule has 0 bridgehead atoms. The quantitative estimate of drug-likeness (QED) is 0.434. The van der Waals surface area contributed by atoms with Gasteiger partial charge >= 0.3 is 0 Å². The SMILES string of the molecule is COc1ccccc1-c1nn(-c2ccccc2)cc1C(=O)N(C)Cc1sccc1C. The highest BCUT2D eigenvalue weighted by atomic mass is 32.1. The molecule has 0 saturated carbocycles. The van der Waals surface area contributed by atoms with E-state index in [-0.39, 0.29) is 5.91 Å². The normalized spacial score (nSPS) is 10.8. The van der Waals surface area contributed by atoms with E-state index in [0.29, 0.717) is 23.6 Å². The molecule has 4 rings (SSSR count). The van der Waals surface area contributed by atoms with Gasteiger partial charge in [0.1, 0.15) is 11.4 Å². The Morgan fingerprint density at radius 1 is 1.10 bits per heavy atom. The van der Waals surface area contributed by atoms with Gasteiger partial charge in [0.2, 0.25) is 0 Å². The zero-order valence-corrected chi connectivity index (χ0v) is 18.0. The zero-order chi connectivity index (χ0) is 21.1. The molecule has 0 saturated heterocycles. The van der Waals surface area contributed by atoms with Gasteiger partial charge in [-0.15, -0.1) is 11.3 Å². The van der Waals surface area contributed by atoms with Gasteiger partial charge in [0, 0.05) is 23.7 Å². The average Bonchev–Trinajstić information content (AvgIpc) is 3.40. The van der Waals surface area contributed by atoms with Crippen LogP contribution in [0.2, 0.25) is 0 Å². The summed E-state index contributed by atoms with van der Waals surface area (Å²) in [5.74, 6) is 0.604. The molecule has 0 aliphatic heterocycles. The summed E-state index contributed by atoms with van der Waals surface area (Å²) in [6.07, 6.45) is 1.80. The van der Waals surface area contributed by atoms with E-state index in [1.807, 2.05) is 61.6 Å². The first-order valence-corrected chi connectivity index (χ1v) is 10.5. The fraction of sp³-hybridized carbons (Fsp3) is 0.167. The lowest BCUT2D eigenvalue weighted by Crippen LogP contribution is -2.26. The largest absolute Gasteiger partial charge is 0.496 e. The molecule has 2 aromatic heterocycles. The molecule has 2 heterocycles. The summed E-state index contributed by atoms with van der Waals surface area (Å²) in [6, 6.07) is 19.5. The summed E-state index contributed by atoms with van der Waals surface area (Å²) >= 11 is 1.66. The minimum Gasteiger partial charge on any atom is -0.496 e. The molecule has 0 spiro atoms. The summed E-state index contributed by atoms with van der Waals surface area (Å²) in [6.45, 7) is 2.63. The molecule has 0 unspecified atom stereocenters. The Morgan fingerprint density at radius 3 is 2.53 bits per heavy atom. The predicted molar refractivity (Wildman–Crippen MR) is 120 cm³/mol. The van der Waals surface area contributed by atoms with Gasteiger partial charge in [-0.05, 0) is 48.2 Å². The fourth-order valence-electron chi connectivity index (χ4n) is 3.34. The highest BCUT2D eigenvalue weighted by Crippen LogP contribution is 2.32. The Kier molecular flexibility index (Phi) is 5.68. The number of amides is 1. The number of hydrogen-bond acceptors (Lipinski definition) is 4. The highest BCUT2D eigenvalue weighted by Gasteiger charge is 2.24. The third-order valence-corrected chi connectivity index (χ3v) is 6.03. The number of aromatic nitrogens is 2. The summed E-state index contributed by atoms with van der Waals surface area (Å²) < 4.78 is 7.29. The molecule has 0 aliphatic carbocycles. The molecule has 0 N–H and O–H groups in total. The van der Waals surface area contributed by atoms with E-state index in [2.05, 4.69) is 18.4 Å². The summed E-state index contributed by atoms with van der Waals surface area (Å²) in [4.78, 5) is 16.4. The van der Waals surface area contributed by atoms with E-state index in [4.69, 9.17) is 9.84 Å². The Hall–Kier alpha value is -3.38. The Labute approximate surface area is 180 Å². The van der Waals surface area contributed by atoms with Gasteiger partial charge in [-0.25, -0.2) is 4.68 Å². The average molecular weight is 418 g/mol. The molecular formula is C24H23N3O2S. The maximum Gasteiger partial charge on any atom is 0.257 e. The number of thiophene rings is 1. The second-order valence-corrected chi connectivity index (χ2v) is 8.06. The summed E-state index contributed by atoms with van der Waals surface area (Å²) in [5.41, 5.74) is 4.03. The number of ether oxygens (including phenoxy) is 1. The minimum atomic E-state index is -0.0779. The number of para-hydroxylation sites is 2. The van der Waals surface area contributed by atoms with Crippen molar-refractivity contribution in [2.45, 2.75) is 13.5 Å². The molecule has 5 nitrogen and oxygen atoms in total. The maximum absolute atomic E-state index is 13.5. The fourth-order valence-corrected chi connectivity index (χ4v) is 4.30. The topological polar surface area (TPSA) is 47.4 Å². The van der Waals surface area contributed by atoms with Gasteiger partial charge in [0.25, 0.3) is 5.91 Å². The van der Waals surface area contributed by atoms with E-state index in [0.717, 1.165) is 11.3 Å². The number of nitrogens with zero attached hydrogens (tertiary/aromatic N) is 3. The molecule has 2 aromatic carbocycles. The van der Waals surface area contributed by atoms with Gasteiger partial charge in [-0.2, -0.15) is 5.10 Å². The van der Waals surface area contributed by atoms with E-state index in [1.165, 1.54) is 10.4 Å². The molecule has 0 aliphatic rings. The monoisotopic (exact) mass is 417 g/mol. The van der Waals surface area contributed by atoms with Crippen LogP contribution in [0.25, 0.3) is 16.9 Å². The van der Waals surface area contributed by atoms with Crippen LogP contribution in [0.1, 0.15) is 20.8 Å². The van der Waals surface area contributed by atoms with Crippen molar-refractivity contribution in [3.8, 4) is 22.7 Å². The van der Waals surface area contributed by atoms with Crippen LogP contribution in [-0.4, -0.2) is 34.7 Å². The lowest BCUT2D eigenvalue weighted by molar-refractivity contribution is 0.0787. The van der Waals surface area contributed by atoms with Crippen LogP contribution in [0.3, 0.4) is 0 Å². The highest BCUT2D eigenvalue weighted by molar-refractivity contribution is 7.10. The molecule has 152 valence electrons.